The number of halogens is 1. The minimum absolute atomic E-state index is 0.0999. The number of anilines is 2. The molecule has 0 aliphatic carbocycles. The Hall–Kier alpha value is -4.35. The molecule has 0 spiro atoms. The summed E-state index contributed by atoms with van der Waals surface area (Å²) in [5.41, 5.74) is 10.3. The van der Waals surface area contributed by atoms with Gasteiger partial charge in [-0.05, 0) is 67.6 Å². The molecule has 36 heavy (non-hydrogen) atoms. The van der Waals surface area contributed by atoms with Gasteiger partial charge in [-0.1, -0.05) is 29.7 Å². The Kier molecular flexibility index (Phi) is 6.32. The normalized spacial score (nSPS) is 14.9. The van der Waals surface area contributed by atoms with Crippen LogP contribution in [0.4, 0.5) is 11.8 Å². The Morgan fingerprint density at radius 3 is 2.69 bits per heavy atom. The molecule has 1 saturated heterocycles. The number of pyridine rings is 1. The van der Waals surface area contributed by atoms with Gasteiger partial charge in [-0.25, -0.2) is 9.97 Å². The number of aromatic nitrogens is 3. The monoisotopic (exact) mass is 498 g/mol. The van der Waals surface area contributed by atoms with E-state index in [1.807, 2.05) is 33.6 Å². The highest BCUT2D eigenvalue weighted by atomic mass is 35.5. The number of nitrogens with two attached hydrogens (primary N) is 1. The average Bonchev–Trinajstić information content (AvgIpc) is 3.51. The minimum atomic E-state index is -0.318. The van der Waals surface area contributed by atoms with E-state index in [0.29, 0.717) is 28.9 Å². The molecule has 1 fully saturated rings. The van der Waals surface area contributed by atoms with Crippen LogP contribution in [0.1, 0.15) is 41.7 Å². The number of nitrogen functional groups attached to an aromatic ring is 1. The Labute approximate surface area is 213 Å². The van der Waals surface area contributed by atoms with E-state index in [9.17, 15) is 9.59 Å². The molecule has 4 heterocycles. The number of nitrogens with zero attached hydrogens (tertiary/aromatic N) is 4. The van der Waals surface area contributed by atoms with Gasteiger partial charge in [0.05, 0.1) is 22.3 Å². The first-order valence-corrected chi connectivity index (χ1v) is 11.9. The minimum Gasteiger partial charge on any atom is -0.369 e. The molecule has 2 amide bonds. The lowest BCUT2D eigenvalue weighted by Gasteiger charge is -2.22. The summed E-state index contributed by atoms with van der Waals surface area (Å²) in [6.07, 6.45) is 4.97. The van der Waals surface area contributed by atoms with Crippen molar-refractivity contribution in [1.29, 1.82) is 0 Å². The second kappa shape index (κ2) is 9.72. The van der Waals surface area contributed by atoms with Gasteiger partial charge in [-0.3, -0.25) is 14.0 Å². The van der Waals surface area contributed by atoms with Crippen molar-refractivity contribution in [3.8, 4) is 23.1 Å². The number of carbonyl (C=O) groups excluding carboxylic acids is 2. The van der Waals surface area contributed by atoms with E-state index in [2.05, 4.69) is 27.1 Å². The van der Waals surface area contributed by atoms with Crippen molar-refractivity contribution in [1.82, 2.24) is 19.3 Å². The fourth-order valence-corrected chi connectivity index (χ4v) is 4.81. The van der Waals surface area contributed by atoms with Crippen molar-refractivity contribution in [3.63, 3.8) is 0 Å². The number of amides is 2. The van der Waals surface area contributed by atoms with Crippen LogP contribution in [0, 0.1) is 11.8 Å². The maximum absolute atomic E-state index is 12.7. The second-order valence-electron chi connectivity index (χ2n) is 8.41. The number of rotatable bonds is 4. The Bertz CT molecular complexity index is 1530. The molecule has 4 aromatic rings. The summed E-state index contributed by atoms with van der Waals surface area (Å²) in [5, 5.41) is 3.09. The number of nitrogens with one attached hydrogen (secondary N) is 1. The molecule has 9 heteroatoms. The van der Waals surface area contributed by atoms with Gasteiger partial charge in [-0.15, -0.1) is 0 Å². The van der Waals surface area contributed by atoms with Crippen LogP contribution >= 0.6 is 11.6 Å². The number of carbonyl (C=O) groups is 2. The van der Waals surface area contributed by atoms with Crippen molar-refractivity contribution in [2.24, 2.45) is 0 Å². The van der Waals surface area contributed by atoms with Crippen LogP contribution < -0.4 is 11.1 Å². The van der Waals surface area contributed by atoms with Crippen molar-refractivity contribution < 1.29 is 9.59 Å². The van der Waals surface area contributed by atoms with Crippen LogP contribution in [0.25, 0.3) is 16.8 Å². The topological polar surface area (TPSA) is 106 Å². The fourth-order valence-electron chi connectivity index (χ4n) is 4.65. The number of likely N-dealkylation sites (tertiary alicyclic amines) is 1. The van der Waals surface area contributed by atoms with E-state index in [1.54, 1.807) is 43.6 Å². The summed E-state index contributed by atoms with van der Waals surface area (Å²) < 4.78 is 1.88. The zero-order chi connectivity index (χ0) is 25.2. The summed E-state index contributed by atoms with van der Waals surface area (Å²) in [4.78, 5) is 35.5. The summed E-state index contributed by atoms with van der Waals surface area (Å²) in [5.74, 6) is 5.52. The zero-order valence-electron chi connectivity index (χ0n) is 19.5. The molecule has 0 saturated carbocycles. The highest BCUT2D eigenvalue weighted by Crippen LogP contribution is 2.39. The van der Waals surface area contributed by atoms with Crippen LogP contribution in [0.3, 0.4) is 0 Å². The quantitative estimate of drug-likeness (QED) is 0.401. The fraction of sp³-hybridized carbons (Fsp3) is 0.185. The average molecular weight is 499 g/mol. The Balaban J connectivity index is 1.50. The summed E-state index contributed by atoms with van der Waals surface area (Å²) in [6, 6.07) is 14.4. The molecule has 1 aliphatic heterocycles. The molecule has 180 valence electrons. The van der Waals surface area contributed by atoms with Crippen LogP contribution in [-0.4, -0.2) is 37.6 Å². The molecule has 8 nitrogen and oxygen atoms in total. The molecule has 1 aromatic carbocycles. The van der Waals surface area contributed by atoms with Gasteiger partial charge in [0.1, 0.15) is 0 Å². The van der Waals surface area contributed by atoms with E-state index in [0.717, 1.165) is 35.2 Å². The molecule has 5 rings (SSSR count). The summed E-state index contributed by atoms with van der Waals surface area (Å²) in [7, 11) is 0. The molecular weight excluding hydrogens is 476 g/mol. The Morgan fingerprint density at radius 1 is 1.14 bits per heavy atom. The lowest BCUT2D eigenvalue weighted by molar-refractivity contribution is -0.125. The number of hydrogen-bond donors (Lipinski definition) is 2. The van der Waals surface area contributed by atoms with Gasteiger partial charge in [-0.2, -0.15) is 0 Å². The maximum atomic E-state index is 12.7. The smallest absolute Gasteiger partial charge is 0.298 e. The highest BCUT2D eigenvalue weighted by molar-refractivity contribution is 6.33. The largest absolute Gasteiger partial charge is 0.369 e. The number of hydrogen-bond acceptors (Lipinski definition) is 5. The third kappa shape index (κ3) is 4.25. The van der Waals surface area contributed by atoms with Gasteiger partial charge in [0.15, 0.2) is 5.82 Å². The van der Waals surface area contributed by atoms with Gasteiger partial charge in [0.25, 0.3) is 11.8 Å². The molecule has 3 N–H and O–H groups in total. The first-order valence-electron chi connectivity index (χ1n) is 11.5. The van der Waals surface area contributed by atoms with Gasteiger partial charge in [0, 0.05) is 30.1 Å². The van der Waals surface area contributed by atoms with Crippen molar-refractivity contribution in [3.05, 3.63) is 77.1 Å². The molecule has 0 radical (unpaired) electrons. The zero-order valence-corrected chi connectivity index (χ0v) is 20.3. The number of benzene rings is 1. The van der Waals surface area contributed by atoms with Crippen molar-refractivity contribution >= 4 is 40.7 Å². The van der Waals surface area contributed by atoms with E-state index < -0.39 is 0 Å². The standard InChI is InChI=1S/C27H23ClN6O2/c1-2-5-24(35)33-15-4-7-21(33)19-16-23(34-22(19)12-14-31-27(34)29)17-8-10-18(11-9-17)26(36)32-25-20(28)6-3-13-30-25/h3,6,8-14,16,21H,4,7,15H2,1H3,(H2,29,31)(H,30,32,36). The molecule has 0 bridgehead atoms. The third-order valence-electron chi connectivity index (χ3n) is 6.28. The van der Waals surface area contributed by atoms with E-state index in [1.165, 1.54) is 0 Å². The lowest BCUT2D eigenvalue weighted by Crippen LogP contribution is -2.29. The van der Waals surface area contributed by atoms with E-state index in [4.69, 9.17) is 17.3 Å². The van der Waals surface area contributed by atoms with Crippen LogP contribution in [0.15, 0.2) is 60.9 Å². The van der Waals surface area contributed by atoms with Crippen LogP contribution in [0.2, 0.25) is 5.02 Å². The van der Waals surface area contributed by atoms with Gasteiger partial charge >= 0.3 is 0 Å². The SMILES string of the molecule is CC#CC(=O)N1CCCC1c1cc(-c2ccc(C(=O)Nc3ncccc3Cl)cc2)n2c(N)nccc12. The predicted octanol–water partition coefficient (Wildman–Crippen LogP) is 4.57. The molecular formula is C27H23ClN6O2. The highest BCUT2D eigenvalue weighted by Gasteiger charge is 2.32. The van der Waals surface area contributed by atoms with E-state index >= 15 is 0 Å². The van der Waals surface area contributed by atoms with Crippen LogP contribution in [-0.2, 0) is 4.79 Å². The van der Waals surface area contributed by atoms with Crippen LogP contribution in [0.5, 0.6) is 0 Å². The lowest BCUT2D eigenvalue weighted by atomic mass is 10.0. The van der Waals surface area contributed by atoms with E-state index in [-0.39, 0.29) is 17.9 Å². The molecule has 3 aromatic heterocycles. The number of fused-ring (bicyclic) bond motifs is 1. The van der Waals surface area contributed by atoms with Crippen molar-refractivity contribution in [2.75, 3.05) is 17.6 Å². The Morgan fingerprint density at radius 2 is 1.94 bits per heavy atom. The molecule has 1 atom stereocenters. The second-order valence-corrected chi connectivity index (χ2v) is 8.81. The van der Waals surface area contributed by atoms with Gasteiger partial charge in [0.2, 0.25) is 5.95 Å². The predicted molar refractivity (Wildman–Crippen MR) is 139 cm³/mol. The first-order chi connectivity index (χ1) is 17.5. The summed E-state index contributed by atoms with van der Waals surface area (Å²) >= 11 is 6.11. The molecule has 1 unspecified atom stereocenters. The third-order valence-corrected chi connectivity index (χ3v) is 6.58. The van der Waals surface area contributed by atoms with Crippen molar-refractivity contribution in [2.45, 2.75) is 25.8 Å². The van der Waals surface area contributed by atoms with Gasteiger partial charge < -0.3 is 16.0 Å². The first kappa shape index (κ1) is 23.4. The maximum Gasteiger partial charge on any atom is 0.298 e. The summed E-state index contributed by atoms with van der Waals surface area (Å²) in [6.45, 7) is 2.33. The molecule has 1 aliphatic rings.